The molecule has 0 amide bonds. The fraction of sp³-hybridized carbons (Fsp3) is 0.132. The minimum Gasteiger partial charge on any atom is -0.439 e. The number of cyclic esters (lactones) is 1. The monoisotopic (exact) mass is 546 g/mol. The van der Waals surface area contributed by atoms with Gasteiger partial charge in [0.05, 0.1) is 11.3 Å². The molecule has 1 atom stereocenters. The van der Waals surface area contributed by atoms with Crippen molar-refractivity contribution in [3.63, 3.8) is 0 Å². The minimum absolute atomic E-state index is 0.300. The number of rotatable bonds is 4. The molecule has 0 fully saturated rings. The van der Waals surface area contributed by atoms with Crippen molar-refractivity contribution < 1.29 is 9.53 Å². The van der Waals surface area contributed by atoms with Gasteiger partial charge in [0.25, 0.3) is 0 Å². The van der Waals surface area contributed by atoms with Crippen LogP contribution in [0.15, 0.2) is 115 Å². The number of hydrogen-bond donors (Lipinski definition) is 0. The lowest BCUT2D eigenvalue weighted by Crippen LogP contribution is -2.32. The van der Waals surface area contributed by atoms with Crippen LogP contribution in [0.3, 0.4) is 0 Å². The number of ether oxygens (including phenoxy) is 1. The third kappa shape index (κ3) is 3.15. The molecular weight excluding hydrogens is 516 g/mol. The fourth-order valence-electron chi connectivity index (χ4n) is 7.39. The van der Waals surface area contributed by atoms with Crippen LogP contribution in [0.4, 0.5) is 0 Å². The Morgan fingerprint density at radius 3 is 2.33 bits per heavy atom. The lowest BCUT2D eigenvalue weighted by molar-refractivity contribution is 0.0240. The second kappa shape index (κ2) is 8.95. The Bertz CT molecular complexity index is 2220. The number of hydrogen-bond acceptors (Lipinski definition) is 2. The highest BCUT2D eigenvalue weighted by Gasteiger charge is 2.54. The van der Waals surface area contributed by atoms with Crippen LogP contribution in [0.2, 0.25) is 0 Å². The second-order valence-corrected chi connectivity index (χ2v) is 11.2. The molecule has 204 valence electrons. The summed E-state index contributed by atoms with van der Waals surface area (Å²) in [7, 11) is 0. The summed E-state index contributed by atoms with van der Waals surface area (Å²) in [5.41, 5.74) is 8.94. The van der Waals surface area contributed by atoms with E-state index in [9.17, 15) is 4.79 Å². The van der Waals surface area contributed by atoms with Crippen molar-refractivity contribution in [2.45, 2.75) is 32.9 Å². The Balaban J connectivity index is 1.59. The van der Waals surface area contributed by atoms with E-state index in [0.29, 0.717) is 5.56 Å². The van der Waals surface area contributed by atoms with E-state index in [-0.39, 0.29) is 5.97 Å². The standard InChI is InChI=1S/C38H30N2O2/c1-4-39-25(3)35(30-16-8-10-19-33(30)39)38(31-17-9-7-15-29(31)37(41)42-38)36-34(24(2)32-18-11-12-22-40(32)36)28-21-20-26-13-5-6-14-27(26)23-28/h5-23H,4H2,1-3H3. The molecule has 0 bridgehead atoms. The molecule has 4 heteroatoms. The smallest absolute Gasteiger partial charge is 0.340 e. The van der Waals surface area contributed by atoms with Gasteiger partial charge in [0.15, 0.2) is 0 Å². The molecule has 7 aromatic rings. The molecule has 4 aromatic carbocycles. The normalized spacial score (nSPS) is 16.4. The van der Waals surface area contributed by atoms with Gasteiger partial charge in [-0.15, -0.1) is 0 Å². The van der Waals surface area contributed by atoms with Gasteiger partial charge in [-0.3, -0.25) is 0 Å². The van der Waals surface area contributed by atoms with Gasteiger partial charge in [0, 0.05) is 51.5 Å². The van der Waals surface area contributed by atoms with E-state index in [0.717, 1.165) is 62.2 Å². The summed E-state index contributed by atoms with van der Waals surface area (Å²) in [6.45, 7) is 7.32. The van der Waals surface area contributed by atoms with E-state index in [4.69, 9.17) is 4.74 Å². The summed E-state index contributed by atoms with van der Waals surface area (Å²) in [5, 5.41) is 3.46. The van der Waals surface area contributed by atoms with Crippen molar-refractivity contribution in [2.24, 2.45) is 0 Å². The van der Waals surface area contributed by atoms with Crippen molar-refractivity contribution in [2.75, 3.05) is 0 Å². The Kier molecular flexibility index (Phi) is 5.26. The number of carbonyl (C=O) groups is 1. The first kappa shape index (κ1) is 24.7. The molecule has 3 aromatic heterocycles. The summed E-state index contributed by atoms with van der Waals surface area (Å²) in [6.07, 6.45) is 2.10. The van der Waals surface area contributed by atoms with E-state index >= 15 is 0 Å². The molecule has 0 saturated carbocycles. The molecule has 0 N–H and O–H groups in total. The van der Waals surface area contributed by atoms with Gasteiger partial charge in [-0.05, 0) is 73.0 Å². The largest absolute Gasteiger partial charge is 0.439 e. The molecule has 8 rings (SSSR count). The van der Waals surface area contributed by atoms with Gasteiger partial charge >= 0.3 is 5.97 Å². The molecule has 42 heavy (non-hydrogen) atoms. The first-order valence-corrected chi connectivity index (χ1v) is 14.5. The van der Waals surface area contributed by atoms with Crippen LogP contribution in [0, 0.1) is 13.8 Å². The van der Waals surface area contributed by atoms with E-state index in [1.807, 2.05) is 18.2 Å². The molecule has 1 aliphatic rings. The number of aryl methyl sites for hydroxylation is 2. The van der Waals surface area contributed by atoms with Gasteiger partial charge in [-0.2, -0.15) is 0 Å². The van der Waals surface area contributed by atoms with Gasteiger partial charge < -0.3 is 13.7 Å². The lowest BCUT2D eigenvalue weighted by Gasteiger charge is -2.32. The quantitative estimate of drug-likeness (QED) is 0.207. The molecule has 4 heterocycles. The molecule has 1 unspecified atom stereocenters. The van der Waals surface area contributed by atoms with Gasteiger partial charge in [0.1, 0.15) is 0 Å². The maximum absolute atomic E-state index is 13.9. The maximum atomic E-state index is 13.9. The summed E-state index contributed by atoms with van der Waals surface area (Å²) >= 11 is 0. The summed E-state index contributed by atoms with van der Waals surface area (Å²) in [5.74, 6) is -0.300. The predicted octanol–water partition coefficient (Wildman–Crippen LogP) is 8.81. The lowest BCUT2D eigenvalue weighted by atomic mass is 9.78. The molecule has 0 saturated heterocycles. The van der Waals surface area contributed by atoms with Crippen molar-refractivity contribution in [3.05, 3.63) is 149 Å². The topological polar surface area (TPSA) is 35.6 Å². The zero-order valence-electron chi connectivity index (χ0n) is 23.9. The number of benzene rings is 4. The molecule has 0 spiro atoms. The van der Waals surface area contributed by atoms with Crippen LogP contribution in [0.1, 0.15) is 45.4 Å². The Hall–Kier alpha value is -5.09. The maximum Gasteiger partial charge on any atom is 0.340 e. The van der Waals surface area contributed by atoms with Crippen molar-refractivity contribution in [3.8, 4) is 11.1 Å². The number of para-hydroxylation sites is 1. The van der Waals surface area contributed by atoms with Crippen LogP contribution in [-0.4, -0.2) is 14.9 Å². The molecule has 4 nitrogen and oxygen atoms in total. The first-order valence-electron chi connectivity index (χ1n) is 14.5. The number of nitrogens with zero attached hydrogens (tertiary/aromatic N) is 2. The van der Waals surface area contributed by atoms with Gasteiger partial charge in [0.2, 0.25) is 5.60 Å². The number of esters is 1. The summed E-state index contributed by atoms with van der Waals surface area (Å²) in [4.78, 5) is 13.9. The van der Waals surface area contributed by atoms with Gasteiger partial charge in [-0.1, -0.05) is 78.9 Å². The van der Waals surface area contributed by atoms with Crippen LogP contribution in [-0.2, 0) is 16.9 Å². The third-order valence-electron chi connectivity index (χ3n) is 9.14. The zero-order valence-corrected chi connectivity index (χ0v) is 23.9. The van der Waals surface area contributed by atoms with E-state index in [2.05, 4.69) is 127 Å². The van der Waals surface area contributed by atoms with Crippen LogP contribution in [0.5, 0.6) is 0 Å². The minimum atomic E-state index is -1.17. The van der Waals surface area contributed by atoms with Gasteiger partial charge in [-0.25, -0.2) is 4.79 Å². The third-order valence-corrected chi connectivity index (χ3v) is 9.14. The van der Waals surface area contributed by atoms with E-state index in [1.54, 1.807) is 0 Å². The molecule has 0 radical (unpaired) electrons. The predicted molar refractivity (Wildman–Crippen MR) is 169 cm³/mol. The number of fused-ring (bicyclic) bond motifs is 4. The highest BCUT2D eigenvalue weighted by Crippen LogP contribution is 2.54. The van der Waals surface area contributed by atoms with E-state index in [1.165, 1.54) is 10.8 Å². The Morgan fingerprint density at radius 2 is 1.48 bits per heavy atom. The SMILES string of the molecule is CCn1c(C)c(C2(c3c(-c4ccc5ccccc5c4)c(C)c4ccccn34)OC(=O)c3ccccc32)c2ccccc21. The summed E-state index contributed by atoms with van der Waals surface area (Å²) in [6, 6.07) is 37.8. The average molecular weight is 547 g/mol. The molecular formula is C38H30N2O2. The number of pyridine rings is 1. The first-order chi connectivity index (χ1) is 20.5. The summed E-state index contributed by atoms with van der Waals surface area (Å²) < 4.78 is 11.4. The van der Waals surface area contributed by atoms with Crippen molar-refractivity contribution in [1.29, 1.82) is 0 Å². The van der Waals surface area contributed by atoms with E-state index < -0.39 is 5.60 Å². The zero-order chi connectivity index (χ0) is 28.6. The van der Waals surface area contributed by atoms with Crippen LogP contribution in [0.25, 0.3) is 38.3 Å². The Labute approximate surface area is 244 Å². The highest BCUT2D eigenvalue weighted by atomic mass is 16.6. The molecule has 0 aliphatic carbocycles. The van der Waals surface area contributed by atoms with Crippen LogP contribution < -0.4 is 0 Å². The van der Waals surface area contributed by atoms with Crippen molar-refractivity contribution in [1.82, 2.24) is 8.97 Å². The molecule has 1 aliphatic heterocycles. The highest BCUT2D eigenvalue weighted by molar-refractivity contribution is 6.00. The van der Waals surface area contributed by atoms with Crippen molar-refractivity contribution >= 4 is 33.2 Å². The number of aromatic nitrogens is 2. The average Bonchev–Trinajstić information content (AvgIpc) is 3.61. The second-order valence-electron chi connectivity index (χ2n) is 11.2. The Morgan fingerprint density at radius 1 is 0.762 bits per heavy atom. The number of carbonyl (C=O) groups excluding carboxylic acids is 1. The fourth-order valence-corrected chi connectivity index (χ4v) is 7.39. The van der Waals surface area contributed by atoms with Crippen LogP contribution >= 0.6 is 0 Å².